The molecule has 23 heavy (non-hydrogen) atoms. The number of rotatable bonds is 9. The van der Waals surface area contributed by atoms with Gasteiger partial charge in [-0.2, -0.15) is 0 Å². The molecule has 0 heterocycles. The van der Waals surface area contributed by atoms with Crippen LogP contribution < -0.4 is 4.74 Å². The van der Waals surface area contributed by atoms with Gasteiger partial charge < -0.3 is 9.64 Å². The Labute approximate surface area is 148 Å². The van der Waals surface area contributed by atoms with Crippen molar-refractivity contribution in [2.24, 2.45) is 0 Å². The van der Waals surface area contributed by atoms with Gasteiger partial charge in [0, 0.05) is 10.0 Å². The highest BCUT2D eigenvalue weighted by Crippen LogP contribution is 2.34. The Kier molecular flexibility index (Phi) is 7.63. The highest BCUT2D eigenvalue weighted by molar-refractivity contribution is 9.10. The summed E-state index contributed by atoms with van der Waals surface area (Å²) in [7, 11) is 4.25. The molecule has 124 valence electrons. The van der Waals surface area contributed by atoms with Crippen LogP contribution in [0.2, 0.25) is 0 Å². The van der Waals surface area contributed by atoms with Gasteiger partial charge in [0.1, 0.15) is 5.75 Å². The fraction of sp³-hybridized carbons (Fsp3) is 0.400. The third kappa shape index (κ3) is 6.00. The van der Waals surface area contributed by atoms with Crippen LogP contribution in [0, 0.1) is 0 Å². The first-order valence-electron chi connectivity index (χ1n) is 8.30. The van der Waals surface area contributed by atoms with E-state index in [1.807, 2.05) is 12.1 Å². The van der Waals surface area contributed by atoms with Crippen LogP contribution in [-0.2, 0) is 0 Å². The molecule has 0 fully saturated rings. The van der Waals surface area contributed by atoms with E-state index in [4.69, 9.17) is 4.74 Å². The second-order valence-corrected chi connectivity index (χ2v) is 6.90. The molecule has 0 N–H and O–H groups in total. The maximum Gasteiger partial charge on any atom is 0.127 e. The first kappa shape index (κ1) is 18.0. The minimum Gasteiger partial charge on any atom is -0.493 e. The normalized spacial score (nSPS) is 11.0. The molecule has 2 aromatic rings. The molecule has 0 atom stereocenters. The maximum atomic E-state index is 6.04. The second kappa shape index (κ2) is 9.74. The van der Waals surface area contributed by atoms with Gasteiger partial charge in [-0.25, -0.2) is 0 Å². The monoisotopic (exact) mass is 375 g/mol. The molecule has 2 aromatic carbocycles. The molecule has 0 aliphatic carbocycles. The predicted octanol–water partition coefficient (Wildman–Crippen LogP) is 5.62. The van der Waals surface area contributed by atoms with E-state index in [1.54, 1.807) is 0 Å². The molecule has 0 saturated carbocycles. The molecule has 2 nitrogen and oxygen atoms in total. The quantitative estimate of drug-likeness (QED) is 0.527. The smallest absolute Gasteiger partial charge is 0.127 e. The fourth-order valence-corrected chi connectivity index (χ4v) is 3.06. The van der Waals surface area contributed by atoms with Crippen LogP contribution in [-0.4, -0.2) is 32.1 Å². The van der Waals surface area contributed by atoms with E-state index in [9.17, 15) is 0 Å². The molecule has 0 aliphatic rings. The predicted molar refractivity (Wildman–Crippen MR) is 102 cm³/mol. The maximum absolute atomic E-state index is 6.04. The summed E-state index contributed by atoms with van der Waals surface area (Å²) in [5.74, 6) is 0.965. The Bertz CT molecular complexity index is 598. The summed E-state index contributed by atoms with van der Waals surface area (Å²) in [6.45, 7) is 1.95. The van der Waals surface area contributed by atoms with E-state index in [0.29, 0.717) is 0 Å². The highest BCUT2D eigenvalue weighted by atomic mass is 79.9. The van der Waals surface area contributed by atoms with Gasteiger partial charge in [0.15, 0.2) is 0 Å². The summed E-state index contributed by atoms with van der Waals surface area (Å²) in [5, 5.41) is 0. The van der Waals surface area contributed by atoms with Crippen molar-refractivity contribution in [2.45, 2.75) is 25.7 Å². The molecule has 0 radical (unpaired) electrons. The molecule has 3 heteroatoms. The third-order valence-corrected chi connectivity index (χ3v) is 4.50. The van der Waals surface area contributed by atoms with Crippen LogP contribution in [0.1, 0.15) is 25.7 Å². The average molecular weight is 376 g/mol. The van der Waals surface area contributed by atoms with E-state index in [2.05, 4.69) is 71.3 Å². The largest absolute Gasteiger partial charge is 0.493 e. The number of unbranched alkanes of at least 4 members (excludes halogenated alkanes) is 3. The third-order valence-electron chi connectivity index (χ3n) is 3.81. The first-order valence-corrected chi connectivity index (χ1v) is 9.09. The molecule has 2 rings (SSSR count). The van der Waals surface area contributed by atoms with Crippen molar-refractivity contribution in [2.75, 3.05) is 27.2 Å². The van der Waals surface area contributed by atoms with Crippen LogP contribution in [0.5, 0.6) is 5.75 Å². The summed E-state index contributed by atoms with van der Waals surface area (Å²) in [5.41, 5.74) is 2.32. The minimum atomic E-state index is 0.781. The van der Waals surface area contributed by atoms with Gasteiger partial charge in [0.25, 0.3) is 0 Å². The summed E-state index contributed by atoms with van der Waals surface area (Å²) < 4.78 is 7.14. The van der Waals surface area contributed by atoms with Crippen LogP contribution in [0.25, 0.3) is 11.1 Å². The van der Waals surface area contributed by atoms with Gasteiger partial charge in [-0.05, 0) is 51.2 Å². The van der Waals surface area contributed by atoms with Crippen LogP contribution in [0.3, 0.4) is 0 Å². The Hall–Kier alpha value is -1.32. The van der Waals surface area contributed by atoms with Crippen molar-refractivity contribution in [1.29, 1.82) is 0 Å². The molecule has 0 aliphatic heterocycles. The van der Waals surface area contributed by atoms with Gasteiger partial charge in [-0.3, -0.25) is 0 Å². The van der Waals surface area contributed by atoms with Gasteiger partial charge in [-0.15, -0.1) is 0 Å². The molecule has 0 spiro atoms. The Balaban J connectivity index is 1.86. The van der Waals surface area contributed by atoms with Crippen LogP contribution in [0.4, 0.5) is 0 Å². The summed E-state index contributed by atoms with van der Waals surface area (Å²) in [6, 6.07) is 16.5. The van der Waals surface area contributed by atoms with E-state index >= 15 is 0 Å². The van der Waals surface area contributed by atoms with Crippen molar-refractivity contribution in [3.8, 4) is 16.9 Å². The van der Waals surface area contributed by atoms with Crippen LogP contribution >= 0.6 is 15.9 Å². The Morgan fingerprint density at radius 2 is 1.48 bits per heavy atom. The van der Waals surface area contributed by atoms with Crippen LogP contribution in [0.15, 0.2) is 53.0 Å². The van der Waals surface area contributed by atoms with Gasteiger partial charge in [0.05, 0.1) is 6.61 Å². The SMILES string of the molecule is CN(C)CCCCCCOc1ccccc1-c1ccccc1Br. The molecule has 0 bridgehead atoms. The molecule has 0 unspecified atom stereocenters. The number of nitrogens with zero attached hydrogens (tertiary/aromatic N) is 1. The zero-order valence-electron chi connectivity index (χ0n) is 14.1. The minimum absolute atomic E-state index is 0.781. The second-order valence-electron chi connectivity index (χ2n) is 6.04. The van der Waals surface area contributed by atoms with E-state index in [1.165, 1.54) is 31.4 Å². The lowest BCUT2D eigenvalue weighted by atomic mass is 10.0. The average Bonchev–Trinajstić information content (AvgIpc) is 2.55. The van der Waals surface area contributed by atoms with Crippen molar-refractivity contribution in [1.82, 2.24) is 4.90 Å². The van der Waals surface area contributed by atoms with Crippen molar-refractivity contribution < 1.29 is 4.74 Å². The van der Waals surface area contributed by atoms with Crippen molar-refractivity contribution in [3.05, 3.63) is 53.0 Å². The molecular weight excluding hydrogens is 350 g/mol. The summed E-state index contributed by atoms with van der Waals surface area (Å²) >= 11 is 3.63. The van der Waals surface area contributed by atoms with Gasteiger partial charge in [0.2, 0.25) is 0 Å². The summed E-state index contributed by atoms with van der Waals surface area (Å²) in [4.78, 5) is 2.24. The number of para-hydroxylation sites is 1. The van der Waals surface area contributed by atoms with E-state index in [0.717, 1.165) is 28.8 Å². The van der Waals surface area contributed by atoms with Gasteiger partial charge in [-0.1, -0.05) is 65.2 Å². The molecular formula is C20H26BrNO. The lowest BCUT2D eigenvalue weighted by Crippen LogP contribution is -2.12. The fourth-order valence-electron chi connectivity index (χ4n) is 2.56. The Morgan fingerprint density at radius 3 is 2.22 bits per heavy atom. The lowest BCUT2D eigenvalue weighted by Gasteiger charge is -2.13. The lowest BCUT2D eigenvalue weighted by molar-refractivity contribution is 0.303. The van der Waals surface area contributed by atoms with E-state index < -0.39 is 0 Å². The van der Waals surface area contributed by atoms with Crippen molar-refractivity contribution in [3.63, 3.8) is 0 Å². The zero-order chi connectivity index (χ0) is 16.5. The standard InChI is InChI=1S/C20H26BrNO/c1-22(2)15-9-3-4-10-16-23-20-14-8-6-12-18(20)17-11-5-7-13-19(17)21/h5-8,11-14H,3-4,9-10,15-16H2,1-2H3. The topological polar surface area (TPSA) is 12.5 Å². The highest BCUT2D eigenvalue weighted by Gasteiger charge is 2.08. The number of benzene rings is 2. The molecule has 0 aromatic heterocycles. The molecule has 0 amide bonds. The number of halogens is 1. The number of hydrogen-bond donors (Lipinski definition) is 0. The number of ether oxygens (including phenoxy) is 1. The van der Waals surface area contributed by atoms with Gasteiger partial charge >= 0.3 is 0 Å². The Morgan fingerprint density at radius 1 is 0.826 bits per heavy atom. The summed E-state index contributed by atoms with van der Waals surface area (Å²) in [6.07, 6.45) is 4.87. The first-order chi connectivity index (χ1) is 11.2. The van der Waals surface area contributed by atoms with E-state index in [-0.39, 0.29) is 0 Å². The molecule has 0 saturated heterocycles. The number of hydrogen-bond acceptors (Lipinski definition) is 2. The van der Waals surface area contributed by atoms with Crippen molar-refractivity contribution >= 4 is 15.9 Å². The zero-order valence-corrected chi connectivity index (χ0v) is 15.7.